The second-order valence-corrected chi connectivity index (χ2v) is 4.72. The molecule has 0 bridgehead atoms. The normalized spacial score (nSPS) is 12.7. The highest BCUT2D eigenvalue weighted by Gasteiger charge is 2.12. The van der Waals surface area contributed by atoms with E-state index in [9.17, 15) is 0 Å². The summed E-state index contributed by atoms with van der Waals surface area (Å²) in [5.74, 6) is 1.20. The Kier molecular flexibility index (Phi) is 3.01. The van der Waals surface area contributed by atoms with E-state index in [1.807, 2.05) is 31.2 Å². The molecule has 1 unspecified atom stereocenters. The van der Waals surface area contributed by atoms with Gasteiger partial charge in [-0.25, -0.2) is 0 Å². The molecule has 0 aliphatic heterocycles. The van der Waals surface area contributed by atoms with Crippen LogP contribution in [0.2, 0.25) is 0 Å². The van der Waals surface area contributed by atoms with Crippen LogP contribution in [0.4, 0.5) is 0 Å². The summed E-state index contributed by atoms with van der Waals surface area (Å²) in [7, 11) is 0. The maximum Gasteiger partial charge on any atom is 0.258 e. The Labute approximate surface area is 111 Å². The highest BCUT2D eigenvalue weighted by Crippen LogP contribution is 2.27. The molecule has 1 heterocycles. The smallest absolute Gasteiger partial charge is 0.258 e. The first-order chi connectivity index (χ1) is 9.24. The number of fused-ring (bicyclic) bond motifs is 1. The zero-order chi connectivity index (χ0) is 13.2. The van der Waals surface area contributed by atoms with Crippen molar-refractivity contribution in [2.24, 2.45) is 5.73 Å². The molecule has 0 fully saturated rings. The summed E-state index contributed by atoms with van der Waals surface area (Å²) in [4.78, 5) is 4.41. The number of hydrogen-bond donors (Lipinski definition) is 1. The summed E-state index contributed by atoms with van der Waals surface area (Å²) < 4.78 is 5.34. The molecule has 0 aliphatic rings. The minimum Gasteiger partial charge on any atom is -0.334 e. The first-order valence-electron chi connectivity index (χ1n) is 6.30. The molecule has 0 saturated heterocycles. The predicted octanol–water partition coefficient (Wildman–Crippen LogP) is 2.78. The number of aromatic nitrogens is 2. The molecule has 4 heteroatoms. The fourth-order valence-corrected chi connectivity index (χ4v) is 2.15. The number of hydrogen-bond acceptors (Lipinski definition) is 4. The monoisotopic (exact) mass is 253 g/mol. The molecule has 0 spiro atoms. The predicted molar refractivity (Wildman–Crippen MR) is 74.6 cm³/mol. The van der Waals surface area contributed by atoms with Crippen LogP contribution in [0.25, 0.3) is 22.2 Å². The quantitative estimate of drug-likeness (QED) is 0.779. The minimum absolute atomic E-state index is 0.0259. The largest absolute Gasteiger partial charge is 0.334 e. The summed E-state index contributed by atoms with van der Waals surface area (Å²) >= 11 is 0. The van der Waals surface area contributed by atoms with Crippen molar-refractivity contribution in [1.29, 1.82) is 0 Å². The van der Waals surface area contributed by atoms with E-state index in [0.29, 0.717) is 18.1 Å². The fourth-order valence-electron chi connectivity index (χ4n) is 2.15. The maximum absolute atomic E-state index is 5.74. The van der Waals surface area contributed by atoms with Gasteiger partial charge < -0.3 is 10.3 Å². The van der Waals surface area contributed by atoms with Gasteiger partial charge in [0.05, 0.1) is 0 Å². The van der Waals surface area contributed by atoms with E-state index >= 15 is 0 Å². The van der Waals surface area contributed by atoms with E-state index in [1.54, 1.807) is 0 Å². The van der Waals surface area contributed by atoms with Gasteiger partial charge in [-0.05, 0) is 23.8 Å². The van der Waals surface area contributed by atoms with Gasteiger partial charge in [-0.1, -0.05) is 41.6 Å². The summed E-state index contributed by atoms with van der Waals surface area (Å²) in [6.45, 7) is 1.92. The Bertz CT molecular complexity index is 698. The molecular weight excluding hydrogens is 238 g/mol. The Morgan fingerprint density at radius 3 is 2.79 bits per heavy atom. The molecule has 1 atom stereocenters. The van der Waals surface area contributed by atoms with Crippen molar-refractivity contribution >= 4 is 10.8 Å². The lowest BCUT2D eigenvalue weighted by Crippen LogP contribution is -2.18. The van der Waals surface area contributed by atoms with Crippen LogP contribution < -0.4 is 5.73 Å². The molecule has 0 saturated carbocycles. The summed E-state index contributed by atoms with van der Waals surface area (Å²) in [5, 5.41) is 6.24. The average molecular weight is 253 g/mol. The van der Waals surface area contributed by atoms with Crippen molar-refractivity contribution in [2.75, 3.05) is 0 Å². The van der Waals surface area contributed by atoms with Gasteiger partial charge in [0, 0.05) is 18.0 Å². The standard InChI is InChI=1S/C15H15N3O/c1-10(16)9-14-17-15(19-18-14)13-8-4-6-11-5-2-3-7-12(11)13/h2-8,10H,9,16H2,1H3. The van der Waals surface area contributed by atoms with Crippen LogP contribution in [0, 0.1) is 0 Å². The van der Waals surface area contributed by atoms with Crippen LogP contribution >= 0.6 is 0 Å². The minimum atomic E-state index is 0.0259. The molecule has 3 rings (SSSR count). The molecule has 2 aromatic carbocycles. The number of rotatable bonds is 3. The van der Waals surface area contributed by atoms with Crippen LogP contribution in [-0.2, 0) is 6.42 Å². The molecule has 0 aliphatic carbocycles. The number of nitrogens with zero attached hydrogens (tertiary/aromatic N) is 2. The Morgan fingerprint density at radius 2 is 1.95 bits per heavy atom. The van der Waals surface area contributed by atoms with Crippen molar-refractivity contribution in [3.8, 4) is 11.5 Å². The van der Waals surface area contributed by atoms with Gasteiger partial charge in [-0.3, -0.25) is 0 Å². The van der Waals surface area contributed by atoms with Crippen LogP contribution in [0.3, 0.4) is 0 Å². The van der Waals surface area contributed by atoms with Crippen LogP contribution in [0.5, 0.6) is 0 Å². The fraction of sp³-hybridized carbons (Fsp3) is 0.200. The molecule has 1 aromatic heterocycles. The van der Waals surface area contributed by atoms with E-state index in [1.165, 1.54) is 0 Å². The molecule has 2 N–H and O–H groups in total. The van der Waals surface area contributed by atoms with Gasteiger partial charge in [0.25, 0.3) is 5.89 Å². The van der Waals surface area contributed by atoms with Crippen LogP contribution in [0.1, 0.15) is 12.7 Å². The molecule has 19 heavy (non-hydrogen) atoms. The molecule has 96 valence electrons. The van der Waals surface area contributed by atoms with Crippen molar-refractivity contribution in [1.82, 2.24) is 10.1 Å². The summed E-state index contributed by atoms with van der Waals surface area (Å²) in [6, 6.07) is 14.2. The first-order valence-corrected chi connectivity index (χ1v) is 6.30. The van der Waals surface area contributed by atoms with E-state index in [-0.39, 0.29) is 6.04 Å². The zero-order valence-corrected chi connectivity index (χ0v) is 10.7. The Hall–Kier alpha value is -2.20. The lowest BCUT2D eigenvalue weighted by Gasteiger charge is -2.01. The van der Waals surface area contributed by atoms with Gasteiger partial charge in [0.1, 0.15) is 0 Å². The van der Waals surface area contributed by atoms with E-state index in [2.05, 4.69) is 28.3 Å². The molecular formula is C15H15N3O. The lowest BCUT2D eigenvalue weighted by molar-refractivity contribution is 0.421. The van der Waals surface area contributed by atoms with E-state index < -0.39 is 0 Å². The van der Waals surface area contributed by atoms with Crippen molar-refractivity contribution in [3.63, 3.8) is 0 Å². The average Bonchev–Trinajstić information content (AvgIpc) is 2.85. The van der Waals surface area contributed by atoms with Gasteiger partial charge in [-0.2, -0.15) is 4.98 Å². The summed E-state index contributed by atoms with van der Waals surface area (Å²) in [6.07, 6.45) is 0.619. The third-order valence-corrected chi connectivity index (χ3v) is 2.99. The topological polar surface area (TPSA) is 64.9 Å². The van der Waals surface area contributed by atoms with Crippen molar-refractivity contribution < 1.29 is 4.52 Å². The van der Waals surface area contributed by atoms with E-state index in [4.69, 9.17) is 10.3 Å². The maximum atomic E-state index is 5.74. The Morgan fingerprint density at radius 1 is 1.16 bits per heavy atom. The second kappa shape index (κ2) is 4.82. The van der Waals surface area contributed by atoms with Crippen LogP contribution in [0.15, 0.2) is 47.0 Å². The number of nitrogens with two attached hydrogens (primary N) is 1. The molecule has 3 aromatic rings. The van der Waals surface area contributed by atoms with Gasteiger partial charge in [0.15, 0.2) is 5.82 Å². The summed E-state index contributed by atoms with van der Waals surface area (Å²) in [5.41, 5.74) is 6.70. The first kappa shape index (κ1) is 11.9. The zero-order valence-electron chi connectivity index (χ0n) is 10.7. The highest BCUT2D eigenvalue weighted by atomic mass is 16.5. The van der Waals surface area contributed by atoms with Crippen LogP contribution in [-0.4, -0.2) is 16.2 Å². The molecule has 0 amide bonds. The number of benzene rings is 2. The third-order valence-electron chi connectivity index (χ3n) is 2.99. The highest BCUT2D eigenvalue weighted by molar-refractivity contribution is 5.94. The molecule has 0 radical (unpaired) electrons. The van der Waals surface area contributed by atoms with Gasteiger partial charge in [0.2, 0.25) is 0 Å². The lowest BCUT2D eigenvalue weighted by atomic mass is 10.0. The second-order valence-electron chi connectivity index (χ2n) is 4.72. The van der Waals surface area contributed by atoms with Gasteiger partial charge in [-0.15, -0.1) is 0 Å². The van der Waals surface area contributed by atoms with E-state index in [0.717, 1.165) is 16.3 Å². The van der Waals surface area contributed by atoms with Crippen molar-refractivity contribution in [3.05, 3.63) is 48.3 Å². The molecule has 4 nitrogen and oxygen atoms in total. The SMILES string of the molecule is CC(N)Cc1noc(-c2cccc3ccccc23)n1. The van der Waals surface area contributed by atoms with Crippen molar-refractivity contribution in [2.45, 2.75) is 19.4 Å². The Balaban J connectivity index is 2.06. The van der Waals surface area contributed by atoms with Gasteiger partial charge >= 0.3 is 0 Å². The third kappa shape index (κ3) is 2.35.